The van der Waals surface area contributed by atoms with Crippen molar-refractivity contribution in [3.8, 4) is 5.88 Å². The first-order valence-electron chi connectivity index (χ1n) is 7.90. The molecular weight excluding hydrogens is 306 g/mol. The molecule has 1 heterocycles. The van der Waals surface area contributed by atoms with Gasteiger partial charge in [-0.1, -0.05) is 30.3 Å². The molecular formula is C18H23N3O3. The van der Waals surface area contributed by atoms with Crippen LogP contribution in [0, 0.1) is 0 Å². The highest BCUT2D eigenvalue weighted by molar-refractivity contribution is 5.73. The van der Waals surface area contributed by atoms with Gasteiger partial charge >= 0.3 is 6.03 Å². The zero-order chi connectivity index (χ0) is 17.2. The third-order valence-electron chi connectivity index (χ3n) is 3.45. The molecule has 1 atom stereocenters. The molecule has 0 aliphatic carbocycles. The minimum absolute atomic E-state index is 0.178. The van der Waals surface area contributed by atoms with Gasteiger partial charge in [0, 0.05) is 32.5 Å². The van der Waals surface area contributed by atoms with Crippen molar-refractivity contribution in [3.63, 3.8) is 0 Å². The molecule has 2 rings (SSSR count). The molecule has 0 aliphatic heterocycles. The number of amides is 2. The van der Waals surface area contributed by atoms with E-state index in [0.29, 0.717) is 25.6 Å². The number of benzene rings is 1. The first-order valence-corrected chi connectivity index (χ1v) is 7.90. The highest BCUT2D eigenvalue weighted by atomic mass is 16.5. The Labute approximate surface area is 142 Å². The van der Waals surface area contributed by atoms with Gasteiger partial charge in [-0.3, -0.25) is 0 Å². The van der Waals surface area contributed by atoms with E-state index in [0.717, 1.165) is 11.1 Å². The molecule has 0 aliphatic rings. The molecule has 6 heteroatoms. The van der Waals surface area contributed by atoms with Gasteiger partial charge in [0.05, 0.1) is 12.7 Å². The number of nitrogens with zero attached hydrogens (tertiary/aromatic N) is 1. The maximum Gasteiger partial charge on any atom is 0.315 e. The van der Waals surface area contributed by atoms with Gasteiger partial charge in [0.1, 0.15) is 0 Å². The number of carbonyl (C=O) groups is 1. The summed E-state index contributed by atoms with van der Waals surface area (Å²) in [6.07, 6.45) is 1.48. The largest absolute Gasteiger partial charge is 0.478 e. The molecule has 0 fully saturated rings. The number of nitrogens with one attached hydrogen (secondary N) is 2. The Morgan fingerprint density at radius 3 is 2.71 bits per heavy atom. The zero-order valence-electron chi connectivity index (χ0n) is 14.0. The standard InChI is InChI=1S/C18H23N3O3/c1-3-24-17-11-14(9-10-19-17)12-20-18(22)21-13-16(23-2)15-7-5-4-6-8-15/h4-11,16H,3,12-13H2,1-2H3,(H2,20,21,22). The van der Waals surface area contributed by atoms with E-state index in [4.69, 9.17) is 9.47 Å². The van der Waals surface area contributed by atoms with Crippen LogP contribution in [-0.4, -0.2) is 31.3 Å². The Morgan fingerprint density at radius 1 is 1.21 bits per heavy atom. The summed E-state index contributed by atoms with van der Waals surface area (Å²) in [6.45, 7) is 3.26. The fourth-order valence-corrected chi connectivity index (χ4v) is 2.22. The van der Waals surface area contributed by atoms with Crippen LogP contribution < -0.4 is 15.4 Å². The Hall–Kier alpha value is -2.60. The lowest BCUT2D eigenvalue weighted by Gasteiger charge is -2.17. The van der Waals surface area contributed by atoms with Crippen LogP contribution in [0.1, 0.15) is 24.2 Å². The van der Waals surface area contributed by atoms with Gasteiger partial charge < -0.3 is 20.1 Å². The number of pyridine rings is 1. The summed E-state index contributed by atoms with van der Waals surface area (Å²) in [5.41, 5.74) is 1.95. The van der Waals surface area contributed by atoms with Gasteiger partial charge in [0.15, 0.2) is 0 Å². The molecule has 1 aromatic carbocycles. The predicted octanol–water partition coefficient (Wildman–Crippen LogP) is 2.67. The van der Waals surface area contributed by atoms with Crippen LogP contribution in [0.4, 0.5) is 4.79 Å². The topological polar surface area (TPSA) is 72.5 Å². The van der Waals surface area contributed by atoms with Crippen LogP contribution in [0.2, 0.25) is 0 Å². The Bertz CT molecular complexity index is 634. The number of ether oxygens (including phenoxy) is 2. The summed E-state index contributed by atoms with van der Waals surface area (Å²) in [5, 5.41) is 5.63. The van der Waals surface area contributed by atoms with Crippen LogP contribution >= 0.6 is 0 Å². The second kappa shape index (κ2) is 9.52. The Balaban J connectivity index is 1.79. The van der Waals surface area contributed by atoms with E-state index < -0.39 is 0 Å². The number of hydrogen-bond donors (Lipinski definition) is 2. The number of aromatic nitrogens is 1. The van der Waals surface area contributed by atoms with Crippen LogP contribution in [-0.2, 0) is 11.3 Å². The van der Waals surface area contributed by atoms with Crippen LogP contribution in [0.25, 0.3) is 0 Å². The number of rotatable bonds is 8. The SMILES string of the molecule is CCOc1cc(CNC(=O)NCC(OC)c2ccccc2)ccn1. The minimum Gasteiger partial charge on any atom is -0.478 e. The van der Waals surface area contributed by atoms with E-state index in [-0.39, 0.29) is 12.1 Å². The maximum absolute atomic E-state index is 12.0. The molecule has 0 saturated heterocycles. The number of urea groups is 1. The van der Waals surface area contributed by atoms with Crippen molar-refractivity contribution in [2.24, 2.45) is 0 Å². The lowest BCUT2D eigenvalue weighted by Crippen LogP contribution is -2.37. The molecule has 2 amide bonds. The molecule has 1 unspecified atom stereocenters. The highest BCUT2D eigenvalue weighted by Crippen LogP contribution is 2.14. The summed E-state index contributed by atoms with van der Waals surface area (Å²) in [6, 6.07) is 13.2. The second-order valence-corrected chi connectivity index (χ2v) is 5.13. The maximum atomic E-state index is 12.0. The first kappa shape index (κ1) is 17.7. The van der Waals surface area contributed by atoms with E-state index in [1.165, 1.54) is 0 Å². The highest BCUT2D eigenvalue weighted by Gasteiger charge is 2.11. The summed E-state index contributed by atoms with van der Waals surface area (Å²) < 4.78 is 10.8. The fourth-order valence-electron chi connectivity index (χ4n) is 2.22. The smallest absolute Gasteiger partial charge is 0.315 e. The van der Waals surface area contributed by atoms with Crippen molar-refractivity contribution >= 4 is 6.03 Å². The molecule has 128 valence electrons. The second-order valence-electron chi connectivity index (χ2n) is 5.13. The normalized spacial score (nSPS) is 11.6. The number of hydrogen-bond acceptors (Lipinski definition) is 4. The lowest BCUT2D eigenvalue weighted by atomic mass is 10.1. The van der Waals surface area contributed by atoms with Crippen molar-refractivity contribution in [2.45, 2.75) is 19.6 Å². The van der Waals surface area contributed by atoms with Crippen molar-refractivity contribution in [3.05, 3.63) is 59.8 Å². The molecule has 24 heavy (non-hydrogen) atoms. The summed E-state index contributed by atoms with van der Waals surface area (Å²) in [5.74, 6) is 0.556. The molecule has 2 N–H and O–H groups in total. The van der Waals surface area contributed by atoms with Gasteiger partial charge in [0.25, 0.3) is 0 Å². The minimum atomic E-state index is -0.247. The number of carbonyl (C=O) groups excluding carboxylic acids is 1. The fraction of sp³-hybridized carbons (Fsp3) is 0.333. The summed E-state index contributed by atoms with van der Waals surface area (Å²) in [4.78, 5) is 16.0. The van der Waals surface area contributed by atoms with Gasteiger partial charge in [-0.25, -0.2) is 9.78 Å². The first-order chi connectivity index (χ1) is 11.7. The quantitative estimate of drug-likeness (QED) is 0.781. The van der Waals surface area contributed by atoms with Crippen LogP contribution in [0.15, 0.2) is 48.7 Å². The van der Waals surface area contributed by atoms with Gasteiger partial charge in [-0.05, 0) is 24.1 Å². The Kier molecular flexibility index (Phi) is 7.04. The lowest BCUT2D eigenvalue weighted by molar-refractivity contribution is 0.104. The van der Waals surface area contributed by atoms with Gasteiger partial charge in [0.2, 0.25) is 5.88 Å². The van der Waals surface area contributed by atoms with Crippen molar-refractivity contribution < 1.29 is 14.3 Å². The predicted molar refractivity (Wildman–Crippen MR) is 91.8 cm³/mol. The molecule has 0 spiro atoms. The van der Waals surface area contributed by atoms with Crippen molar-refractivity contribution in [1.82, 2.24) is 15.6 Å². The van der Waals surface area contributed by atoms with E-state index in [9.17, 15) is 4.79 Å². The number of methoxy groups -OCH3 is 1. The molecule has 0 radical (unpaired) electrons. The van der Waals surface area contributed by atoms with Gasteiger partial charge in [-0.2, -0.15) is 0 Å². The third-order valence-corrected chi connectivity index (χ3v) is 3.45. The van der Waals surface area contributed by atoms with E-state index in [2.05, 4.69) is 15.6 Å². The van der Waals surface area contributed by atoms with E-state index in [1.54, 1.807) is 13.3 Å². The summed E-state index contributed by atoms with van der Waals surface area (Å²) >= 11 is 0. The third kappa shape index (κ3) is 5.55. The van der Waals surface area contributed by atoms with Crippen LogP contribution in [0.3, 0.4) is 0 Å². The van der Waals surface area contributed by atoms with E-state index in [1.807, 2.05) is 49.4 Å². The Morgan fingerprint density at radius 2 is 2.00 bits per heavy atom. The zero-order valence-corrected chi connectivity index (χ0v) is 14.0. The van der Waals surface area contributed by atoms with Gasteiger partial charge in [-0.15, -0.1) is 0 Å². The monoisotopic (exact) mass is 329 g/mol. The average molecular weight is 329 g/mol. The molecule has 6 nitrogen and oxygen atoms in total. The molecule has 0 saturated carbocycles. The van der Waals surface area contributed by atoms with Crippen molar-refractivity contribution in [2.75, 3.05) is 20.3 Å². The molecule has 0 bridgehead atoms. The molecule has 1 aromatic heterocycles. The average Bonchev–Trinajstić information content (AvgIpc) is 2.62. The van der Waals surface area contributed by atoms with E-state index >= 15 is 0 Å². The van der Waals surface area contributed by atoms with Crippen LogP contribution in [0.5, 0.6) is 5.88 Å². The summed E-state index contributed by atoms with van der Waals surface area (Å²) in [7, 11) is 1.63. The van der Waals surface area contributed by atoms with Crippen molar-refractivity contribution in [1.29, 1.82) is 0 Å². The molecule has 2 aromatic rings.